The van der Waals surface area contributed by atoms with Gasteiger partial charge in [0.1, 0.15) is 5.75 Å². The zero-order valence-corrected chi connectivity index (χ0v) is 11.5. The molecule has 1 N–H and O–H groups in total. The third-order valence-electron chi connectivity index (χ3n) is 3.80. The number of rotatable bonds is 1. The molecule has 0 aliphatic carbocycles. The Bertz CT molecular complexity index is 664. The number of fused-ring (bicyclic) bond motifs is 1. The Morgan fingerprint density at radius 1 is 1.15 bits per heavy atom. The van der Waals surface area contributed by atoms with Gasteiger partial charge >= 0.3 is 0 Å². The van der Waals surface area contributed by atoms with Crippen molar-refractivity contribution in [1.29, 1.82) is 0 Å². The van der Waals surface area contributed by atoms with Gasteiger partial charge in [-0.15, -0.1) is 0 Å². The SMILES string of the molecule is Cc1ccc(C(=O)N2CCc3ccccc3C2)c(O)c1. The maximum absolute atomic E-state index is 12.5. The van der Waals surface area contributed by atoms with Gasteiger partial charge in [0.2, 0.25) is 0 Å². The number of benzene rings is 2. The molecule has 1 heterocycles. The first kappa shape index (κ1) is 12.7. The monoisotopic (exact) mass is 267 g/mol. The van der Waals surface area contributed by atoms with Gasteiger partial charge in [0.25, 0.3) is 5.91 Å². The van der Waals surface area contributed by atoms with E-state index in [1.54, 1.807) is 17.0 Å². The molecule has 1 aliphatic rings. The zero-order valence-electron chi connectivity index (χ0n) is 11.5. The normalized spacial score (nSPS) is 13.9. The van der Waals surface area contributed by atoms with E-state index in [0.717, 1.165) is 12.0 Å². The van der Waals surface area contributed by atoms with Crippen molar-refractivity contribution < 1.29 is 9.90 Å². The van der Waals surface area contributed by atoms with Crippen LogP contribution < -0.4 is 0 Å². The smallest absolute Gasteiger partial charge is 0.257 e. The van der Waals surface area contributed by atoms with Crippen molar-refractivity contribution in [2.45, 2.75) is 19.9 Å². The molecule has 0 atom stereocenters. The summed E-state index contributed by atoms with van der Waals surface area (Å²) in [6, 6.07) is 13.4. The number of phenols is 1. The van der Waals surface area contributed by atoms with Crippen LogP contribution in [0, 0.1) is 6.92 Å². The topological polar surface area (TPSA) is 40.5 Å². The Hall–Kier alpha value is -2.29. The van der Waals surface area contributed by atoms with Crippen LogP contribution in [-0.4, -0.2) is 22.5 Å². The fraction of sp³-hybridized carbons (Fsp3) is 0.235. The van der Waals surface area contributed by atoms with Crippen molar-refractivity contribution >= 4 is 5.91 Å². The van der Waals surface area contributed by atoms with Gasteiger partial charge in [-0.05, 0) is 42.2 Å². The summed E-state index contributed by atoms with van der Waals surface area (Å²) in [5.41, 5.74) is 3.83. The minimum Gasteiger partial charge on any atom is -0.507 e. The number of hydrogen-bond donors (Lipinski definition) is 1. The fourth-order valence-corrected chi connectivity index (χ4v) is 2.66. The summed E-state index contributed by atoms with van der Waals surface area (Å²) in [5, 5.41) is 9.94. The molecule has 0 bridgehead atoms. The van der Waals surface area contributed by atoms with Crippen molar-refractivity contribution in [2.75, 3.05) is 6.54 Å². The summed E-state index contributed by atoms with van der Waals surface area (Å²) in [6.45, 7) is 3.20. The molecular weight excluding hydrogens is 250 g/mol. The molecule has 0 fully saturated rings. The lowest BCUT2D eigenvalue weighted by molar-refractivity contribution is 0.0731. The number of carbonyl (C=O) groups is 1. The van der Waals surface area contributed by atoms with Gasteiger partial charge in [0, 0.05) is 13.1 Å². The summed E-state index contributed by atoms with van der Waals surface area (Å²) in [7, 11) is 0. The standard InChI is InChI=1S/C17H17NO2/c1-12-6-7-15(16(19)10-12)17(20)18-9-8-13-4-2-3-5-14(13)11-18/h2-7,10,19H,8-9,11H2,1H3. The van der Waals surface area contributed by atoms with Crippen LogP contribution in [-0.2, 0) is 13.0 Å². The number of aromatic hydroxyl groups is 1. The van der Waals surface area contributed by atoms with Gasteiger partial charge in [-0.1, -0.05) is 30.3 Å². The Labute approximate surface area is 118 Å². The van der Waals surface area contributed by atoms with Crippen LogP contribution in [0.5, 0.6) is 5.75 Å². The van der Waals surface area contributed by atoms with Crippen LogP contribution in [0.25, 0.3) is 0 Å². The van der Waals surface area contributed by atoms with Crippen molar-refractivity contribution in [2.24, 2.45) is 0 Å². The van der Waals surface area contributed by atoms with Crippen LogP contribution in [0.1, 0.15) is 27.0 Å². The highest BCUT2D eigenvalue weighted by molar-refractivity contribution is 5.97. The van der Waals surface area contributed by atoms with Gasteiger partial charge in [0.15, 0.2) is 0 Å². The minimum absolute atomic E-state index is 0.0638. The summed E-state index contributed by atoms with van der Waals surface area (Å²) >= 11 is 0. The van der Waals surface area contributed by atoms with Gasteiger partial charge in [-0.3, -0.25) is 4.79 Å². The second-order valence-electron chi connectivity index (χ2n) is 5.27. The lowest BCUT2D eigenvalue weighted by atomic mass is 9.99. The molecule has 2 aromatic rings. The Kier molecular flexibility index (Phi) is 3.18. The van der Waals surface area contributed by atoms with Gasteiger partial charge in [0.05, 0.1) is 5.56 Å². The van der Waals surface area contributed by atoms with E-state index in [1.165, 1.54) is 11.1 Å². The van der Waals surface area contributed by atoms with Crippen LogP contribution in [0.15, 0.2) is 42.5 Å². The van der Waals surface area contributed by atoms with E-state index in [1.807, 2.05) is 25.1 Å². The molecule has 102 valence electrons. The molecule has 0 spiro atoms. The van der Waals surface area contributed by atoms with Crippen molar-refractivity contribution in [1.82, 2.24) is 4.90 Å². The zero-order chi connectivity index (χ0) is 14.1. The van der Waals surface area contributed by atoms with Gasteiger partial charge in [-0.25, -0.2) is 0 Å². The summed E-state index contributed by atoms with van der Waals surface area (Å²) < 4.78 is 0. The largest absolute Gasteiger partial charge is 0.507 e. The van der Waals surface area contributed by atoms with Crippen molar-refractivity contribution in [3.63, 3.8) is 0 Å². The Morgan fingerprint density at radius 3 is 2.65 bits per heavy atom. The van der Waals surface area contributed by atoms with E-state index in [0.29, 0.717) is 18.7 Å². The van der Waals surface area contributed by atoms with Gasteiger partial charge < -0.3 is 10.0 Å². The average Bonchev–Trinajstić information content (AvgIpc) is 2.46. The van der Waals surface area contributed by atoms with Crippen molar-refractivity contribution in [3.05, 3.63) is 64.7 Å². The van der Waals surface area contributed by atoms with Crippen LogP contribution in [0.4, 0.5) is 0 Å². The first-order valence-corrected chi connectivity index (χ1v) is 6.81. The Balaban J connectivity index is 1.86. The fourth-order valence-electron chi connectivity index (χ4n) is 2.66. The molecule has 1 aliphatic heterocycles. The second kappa shape index (κ2) is 5.00. The molecular formula is C17H17NO2. The predicted octanol–water partition coefficient (Wildman–Crippen LogP) is 2.90. The molecule has 3 rings (SSSR count). The first-order valence-electron chi connectivity index (χ1n) is 6.81. The highest BCUT2D eigenvalue weighted by Gasteiger charge is 2.23. The number of aryl methyl sites for hydroxylation is 1. The molecule has 3 heteroatoms. The van der Waals surface area contributed by atoms with Crippen molar-refractivity contribution in [3.8, 4) is 5.75 Å². The molecule has 0 aromatic heterocycles. The molecule has 0 unspecified atom stereocenters. The van der Waals surface area contributed by atoms with E-state index in [2.05, 4.69) is 12.1 Å². The van der Waals surface area contributed by atoms with E-state index in [-0.39, 0.29) is 11.7 Å². The molecule has 2 aromatic carbocycles. The lowest BCUT2D eigenvalue weighted by Gasteiger charge is -2.29. The second-order valence-corrected chi connectivity index (χ2v) is 5.27. The number of amides is 1. The first-order chi connectivity index (χ1) is 9.65. The van der Waals surface area contributed by atoms with E-state index in [4.69, 9.17) is 0 Å². The van der Waals surface area contributed by atoms with E-state index in [9.17, 15) is 9.90 Å². The van der Waals surface area contributed by atoms with Crippen LogP contribution in [0.2, 0.25) is 0 Å². The van der Waals surface area contributed by atoms with Crippen LogP contribution >= 0.6 is 0 Å². The highest BCUT2D eigenvalue weighted by Crippen LogP contribution is 2.24. The molecule has 0 saturated heterocycles. The number of hydrogen-bond acceptors (Lipinski definition) is 2. The minimum atomic E-state index is -0.1000. The maximum atomic E-state index is 12.5. The third kappa shape index (κ3) is 2.27. The van der Waals surface area contributed by atoms with Crippen LogP contribution in [0.3, 0.4) is 0 Å². The van der Waals surface area contributed by atoms with E-state index < -0.39 is 0 Å². The highest BCUT2D eigenvalue weighted by atomic mass is 16.3. The number of phenolic OH excluding ortho intramolecular Hbond substituents is 1. The average molecular weight is 267 g/mol. The maximum Gasteiger partial charge on any atom is 0.257 e. The molecule has 1 amide bonds. The quantitative estimate of drug-likeness (QED) is 0.863. The summed E-state index contributed by atoms with van der Waals surface area (Å²) in [4.78, 5) is 14.3. The molecule has 0 radical (unpaired) electrons. The summed E-state index contributed by atoms with van der Waals surface area (Å²) in [6.07, 6.45) is 0.870. The molecule has 0 saturated carbocycles. The molecule has 20 heavy (non-hydrogen) atoms. The number of carbonyl (C=O) groups excluding carboxylic acids is 1. The van der Waals surface area contributed by atoms with Gasteiger partial charge in [-0.2, -0.15) is 0 Å². The third-order valence-corrected chi connectivity index (χ3v) is 3.80. The Morgan fingerprint density at radius 2 is 1.90 bits per heavy atom. The number of nitrogens with zero attached hydrogens (tertiary/aromatic N) is 1. The molecule has 3 nitrogen and oxygen atoms in total. The predicted molar refractivity (Wildman–Crippen MR) is 77.7 cm³/mol. The summed E-state index contributed by atoms with van der Waals surface area (Å²) in [5.74, 6) is -0.0362. The van der Waals surface area contributed by atoms with E-state index >= 15 is 0 Å². The lowest BCUT2D eigenvalue weighted by Crippen LogP contribution is -2.35.